The maximum atomic E-state index is 9.39. The second-order valence-corrected chi connectivity index (χ2v) is 3.40. The standard InChI is InChI=1S/C8H19NO/c1-4-5-6-7(9)8(2,3)10/h7,10H,4-6,9H2,1-3H3/t7-/m1/s1. The van der Waals surface area contributed by atoms with Crippen LogP contribution < -0.4 is 5.73 Å². The molecule has 0 aliphatic heterocycles. The first-order valence-electron chi connectivity index (χ1n) is 3.96. The van der Waals surface area contributed by atoms with Gasteiger partial charge in [-0.15, -0.1) is 0 Å². The molecule has 0 radical (unpaired) electrons. The summed E-state index contributed by atoms with van der Waals surface area (Å²) in [7, 11) is 0. The summed E-state index contributed by atoms with van der Waals surface area (Å²) < 4.78 is 0. The van der Waals surface area contributed by atoms with Crippen LogP contribution in [0.1, 0.15) is 40.0 Å². The van der Waals surface area contributed by atoms with Crippen LogP contribution in [0.25, 0.3) is 0 Å². The maximum absolute atomic E-state index is 9.39. The molecule has 0 bridgehead atoms. The van der Waals surface area contributed by atoms with E-state index >= 15 is 0 Å². The molecule has 0 spiro atoms. The minimum atomic E-state index is -0.713. The van der Waals surface area contributed by atoms with Gasteiger partial charge in [0.25, 0.3) is 0 Å². The summed E-state index contributed by atoms with van der Waals surface area (Å²) >= 11 is 0. The molecular weight excluding hydrogens is 126 g/mol. The molecule has 0 saturated heterocycles. The smallest absolute Gasteiger partial charge is 0.0741 e. The molecule has 1 atom stereocenters. The first-order chi connectivity index (χ1) is 4.48. The molecule has 3 N–H and O–H groups in total. The van der Waals surface area contributed by atoms with Gasteiger partial charge < -0.3 is 10.8 Å². The molecule has 0 aromatic rings. The minimum Gasteiger partial charge on any atom is -0.389 e. The molecule has 0 aliphatic rings. The minimum absolute atomic E-state index is 0.0764. The summed E-state index contributed by atoms with van der Waals surface area (Å²) in [5.74, 6) is 0. The normalized spacial score (nSPS) is 15.3. The third kappa shape index (κ3) is 3.85. The molecule has 62 valence electrons. The number of hydrogen-bond acceptors (Lipinski definition) is 2. The fourth-order valence-electron chi connectivity index (χ4n) is 0.777. The van der Waals surface area contributed by atoms with Crippen molar-refractivity contribution in [3.8, 4) is 0 Å². The summed E-state index contributed by atoms with van der Waals surface area (Å²) in [4.78, 5) is 0. The molecule has 0 aromatic carbocycles. The van der Waals surface area contributed by atoms with Gasteiger partial charge in [-0.25, -0.2) is 0 Å². The number of rotatable bonds is 4. The summed E-state index contributed by atoms with van der Waals surface area (Å²) in [5, 5.41) is 9.39. The average molecular weight is 145 g/mol. The Balaban J connectivity index is 3.52. The van der Waals surface area contributed by atoms with E-state index in [2.05, 4.69) is 6.92 Å². The molecule has 2 heteroatoms. The second-order valence-electron chi connectivity index (χ2n) is 3.40. The molecule has 0 saturated carbocycles. The second kappa shape index (κ2) is 3.94. The van der Waals surface area contributed by atoms with Crippen molar-refractivity contribution in [2.75, 3.05) is 0 Å². The van der Waals surface area contributed by atoms with Crippen molar-refractivity contribution in [2.24, 2.45) is 5.73 Å². The Kier molecular flexibility index (Phi) is 3.91. The van der Waals surface area contributed by atoms with Gasteiger partial charge in [0.15, 0.2) is 0 Å². The SMILES string of the molecule is CCCC[C@@H](N)C(C)(C)O. The Morgan fingerprint density at radius 1 is 1.50 bits per heavy atom. The highest BCUT2D eigenvalue weighted by atomic mass is 16.3. The zero-order valence-electron chi connectivity index (χ0n) is 7.22. The first kappa shape index (κ1) is 9.92. The highest BCUT2D eigenvalue weighted by Gasteiger charge is 2.21. The Hall–Kier alpha value is -0.0800. The van der Waals surface area contributed by atoms with Crippen LogP contribution in [-0.2, 0) is 0 Å². The Morgan fingerprint density at radius 3 is 2.30 bits per heavy atom. The van der Waals surface area contributed by atoms with Gasteiger partial charge in [0.1, 0.15) is 0 Å². The zero-order valence-corrected chi connectivity index (χ0v) is 7.22. The average Bonchev–Trinajstić information content (AvgIpc) is 1.80. The summed E-state index contributed by atoms with van der Waals surface area (Å²) in [5.41, 5.74) is 4.97. The fraction of sp³-hybridized carbons (Fsp3) is 1.00. The van der Waals surface area contributed by atoms with E-state index in [1.165, 1.54) is 0 Å². The number of hydrogen-bond donors (Lipinski definition) is 2. The van der Waals surface area contributed by atoms with Crippen LogP contribution in [0, 0.1) is 0 Å². The summed E-state index contributed by atoms with van der Waals surface area (Å²) in [6.07, 6.45) is 3.16. The highest BCUT2D eigenvalue weighted by molar-refractivity contribution is 4.79. The van der Waals surface area contributed by atoms with Crippen molar-refractivity contribution < 1.29 is 5.11 Å². The molecule has 0 aliphatic carbocycles. The largest absolute Gasteiger partial charge is 0.389 e. The summed E-state index contributed by atoms with van der Waals surface area (Å²) in [6.45, 7) is 5.64. The number of nitrogens with two attached hydrogens (primary N) is 1. The molecular formula is C8H19NO. The summed E-state index contributed by atoms with van der Waals surface area (Å²) in [6, 6.07) is -0.0764. The van der Waals surface area contributed by atoms with Crippen LogP contribution in [-0.4, -0.2) is 16.7 Å². The Morgan fingerprint density at radius 2 is 2.00 bits per heavy atom. The lowest BCUT2D eigenvalue weighted by molar-refractivity contribution is 0.0484. The van der Waals surface area contributed by atoms with Gasteiger partial charge in [-0.1, -0.05) is 19.8 Å². The van der Waals surface area contributed by atoms with Crippen LogP contribution in [0.15, 0.2) is 0 Å². The van der Waals surface area contributed by atoms with Crippen LogP contribution in [0.3, 0.4) is 0 Å². The van der Waals surface area contributed by atoms with Gasteiger partial charge >= 0.3 is 0 Å². The van der Waals surface area contributed by atoms with E-state index in [9.17, 15) is 5.11 Å². The molecule has 10 heavy (non-hydrogen) atoms. The highest BCUT2D eigenvalue weighted by Crippen LogP contribution is 2.11. The first-order valence-corrected chi connectivity index (χ1v) is 3.96. The Labute approximate surface area is 63.4 Å². The number of aliphatic hydroxyl groups is 1. The van der Waals surface area contributed by atoms with Gasteiger partial charge in [-0.3, -0.25) is 0 Å². The predicted octanol–water partition coefficient (Wildman–Crippen LogP) is 1.27. The third-order valence-corrected chi connectivity index (χ3v) is 1.78. The van der Waals surface area contributed by atoms with E-state index in [1.807, 2.05) is 0 Å². The van der Waals surface area contributed by atoms with Crippen LogP contribution >= 0.6 is 0 Å². The van der Waals surface area contributed by atoms with E-state index in [4.69, 9.17) is 5.73 Å². The van der Waals surface area contributed by atoms with Gasteiger partial charge in [-0.05, 0) is 20.3 Å². The fourth-order valence-corrected chi connectivity index (χ4v) is 0.777. The lowest BCUT2D eigenvalue weighted by Crippen LogP contribution is -2.42. The van der Waals surface area contributed by atoms with E-state index in [1.54, 1.807) is 13.8 Å². The molecule has 0 unspecified atom stereocenters. The zero-order chi connectivity index (χ0) is 8.20. The van der Waals surface area contributed by atoms with E-state index in [0.717, 1.165) is 19.3 Å². The van der Waals surface area contributed by atoms with Crippen molar-refractivity contribution in [1.82, 2.24) is 0 Å². The monoisotopic (exact) mass is 145 g/mol. The molecule has 0 aromatic heterocycles. The lowest BCUT2D eigenvalue weighted by Gasteiger charge is -2.25. The predicted molar refractivity (Wildman–Crippen MR) is 43.8 cm³/mol. The van der Waals surface area contributed by atoms with Gasteiger partial charge in [0.2, 0.25) is 0 Å². The number of unbranched alkanes of at least 4 members (excludes halogenated alkanes) is 1. The quantitative estimate of drug-likeness (QED) is 0.626. The van der Waals surface area contributed by atoms with E-state index < -0.39 is 5.60 Å². The van der Waals surface area contributed by atoms with Crippen molar-refractivity contribution in [2.45, 2.75) is 51.7 Å². The van der Waals surface area contributed by atoms with Crippen molar-refractivity contribution in [3.05, 3.63) is 0 Å². The van der Waals surface area contributed by atoms with Gasteiger partial charge in [0, 0.05) is 6.04 Å². The molecule has 0 rings (SSSR count). The third-order valence-electron chi connectivity index (χ3n) is 1.78. The maximum Gasteiger partial charge on any atom is 0.0741 e. The topological polar surface area (TPSA) is 46.2 Å². The van der Waals surface area contributed by atoms with E-state index in [-0.39, 0.29) is 6.04 Å². The van der Waals surface area contributed by atoms with Crippen LogP contribution in [0.4, 0.5) is 0 Å². The molecule has 0 heterocycles. The molecule has 0 amide bonds. The van der Waals surface area contributed by atoms with Crippen molar-refractivity contribution >= 4 is 0 Å². The van der Waals surface area contributed by atoms with Gasteiger partial charge in [0.05, 0.1) is 5.60 Å². The Bertz CT molecular complexity index is 85.7. The van der Waals surface area contributed by atoms with Gasteiger partial charge in [-0.2, -0.15) is 0 Å². The van der Waals surface area contributed by atoms with Crippen molar-refractivity contribution in [1.29, 1.82) is 0 Å². The molecule has 0 fully saturated rings. The van der Waals surface area contributed by atoms with Crippen LogP contribution in [0.5, 0.6) is 0 Å². The van der Waals surface area contributed by atoms with E-state index in [0.29, 0.717) is 0 Å². The van der Waals surface area contributed by atoms with Crippen LogP contribution in [0.2, 0.25) is 0 Å². The van der Waals surface area contributed by atoms with Crippen molar-refractivity contribution in [3.63, 3.8) is 0 Å². The lowest BCUT2D eigenvalue weighted by atomic mass is 9.95. The molecule has 2 nitrogen and oxygen atoms in total.